The molecule has 1 atom stereocenters. The quantitative estimate of drug-likeness (QED) is 0.774. The Labute approximate surface area is 137 Å². The lowest BCUT2D eigenvalue weighted by Crippen LogP contribution is -2.31. The predicted molar refractivity (Wildman–Crippen MR) is 90.5 cm³/mol. The van der Waals surface area contributed by atoms with Crippen molar-refractivity contribution >= 4 is 17.2 Å². The summed E-state index contributed by atoms with van der Waals surface area (Å²) in [4.78, 5) is 32.4. The summed E-state index contributed by atoms with van der Waals surface area (Å²) in [7, 11) is 0. The number of aromatic amines is 1. The number of aromatic nitrogens is 2. The zero-order chi connectivity index (χ0) is 16.2. The molecule has 2 N–H and O–H groups in total. The summed E-state index contributed by atoms with van der Waals surface area (Å²) in [6, 6.07) is 12.3. The first kappa shape index (κ1) is 15.2. The monoisotopic (exact) mass is 325 g/mol. The maximum absolute atomic E-state index is 12.3. The molecule has 3 aromatic rings. The molecule has 0 aliphatic heterocycles. The molecule has 6 heteroatoms. The summed E-state index contributed by atoms with van der Waals surface area (Å²) >= 11 is 1.53. The molecule has 0 aliphatic rings. The van der Waals surface area contributed by atoms with Crippen LogP contribution in [0.15, 0.2) is 58.8 Å². The third-order valence-corrected chi connectivity index (χ3v) is 4.32. The van der Waals surface area contributed by atoms with E-state index in [1.165, 1.54) is 11.3 Å². The lowest BCUT2D eigenvalue weighted by atomic mass is 10.1. The van der Waals surface area contributed by atoms with Gasteiger partial charge in [-0.05, 0) is 42.6 Å². The highest BCUT2D eigenvalue weighted by Crippen LogP contribution is 2.21. The highest BCUT2D eigenvalue weighted by molar-refractivity contribution is 7.13. The van der Waals surface area contributed by atoms with Crippen molar-refractivity contribution in [1.82, 2.24) is 15.3 Å². The molecule has 0 radical (unpaired) electrons. The fraction of sp³-hybridized carbons (Fsp3) is 0.118. The molecule has 116 valence electrons. The second-order valence-corrected chi connectivity index (χ2v) is 5.99. The van der Waals surface area contributed by atoms with Gasteiger partial charge in [-0.1, -0.05) is 12.1 Å². The second-order valence-electron chi connectivity index (χ2n) is 5.04. The Morgan fingerprint density at radius 1 is 1.22 bits per heavy atom. The van der Waals surface area contributed by atoms with Crippen molar-refractivity contribution < 1.29 is 4.79 Å². The van der Waals surface area contributed by atoms with Crippen molar-refractivity contribution in [2.24, 2.45) is 0 Å². The largest absolute Gasteiger partial charge is 0.344 e. The molecule has 23 heavy (non-hydrogen) atoms. The summed E-state index contributed by atoms with van der Waals surface area (Å²) in [6.07, 6.45) is 1.67. The van der Waals surface area contributed by atoms with E-state index in [0.29, 0.717) is 5.69 Å². The van der Waals surface area contributed by atoms with Gasteiger partial charge < -0.3 is 10.3 Å². The number of thiophene rings is 1. The van der Waals surface area contributed by atoms with E-state index in [2.05, 4.69) is 15.3 Å². The fourth-order valence-electron chi connectivity index (χ4n) is 2.21. The Bertz CT molecular complexity index is 857. The number of hydrogen-bond acceptors (Lipinski definition) is 4. The number of hydrogen-bond donors (Lipinski definition) is 2. The Balaban J connectivity index is 1.79. The highest BCUT2D eigenvalue weighted by atomic mass is 32.1. The van der Waals surface area contributed by atoms with Gasteiger partial charge in [0.05, 0.1) is 22.3 Å². The minimum Gasteiger partial charge on any atom is -0.344 e. The van der Waals surface area contributed by atoms with E-state index in [-0.39, 0.29) is 11.6 Å². The van der Waals surface area contributed by atoms with Crippen molar-refractivity contribution in [1.29, 1.82) is 0 Å². The molecule has 0 fully saturated rings. The Hall–Kier alpha value is -2.73. The van der Waals surface area contributed by atoms with Crippen LogP contribution in [-0.4, -0.2) is 15.9 Å². The number of H-pyrrole nitrogens is 1. The van der Waals surface area contributed by atoms with E-state index in [1.54, 1.807) is 18.3 Å². The fourth-order valence-corrected chi connectivity index (χ4v) is 2.92. The van der Waals surface area contributed by atoms with Crippen LogP contribution >= 0.6 is 11.3 Å². The van der Waals surface area contributed by atoms with E-state index in [0.717, 1.165) is 10.6 Å². The molecule has 0 saturated heterocycles. The molecule has 3 aromatic heterocycles. The standard InChI is InChI=1S/C17H15N3O2S/c1-11(13-5-2-3-9-18-13)19-16(21)12-7-8-14(20-17(12)22)15-6-4-10-23-15/h2-11H,1H3,(H,19,21)(H,20,22). The van der Waals surface area contributed by atoms with Crippen LogP contribution in [-0.2, 0) is 0 Å². The molecular formula is C17H15N3O2S. The summed E-state index contributed by atoms with van der Waals surface area (Å²) in [5, 5.41) is 4.72. The average Bonchev–Trinajstić information content (AvgIpc) is 3.10. The van der Waals surface area contributed by atoms with Crippen LogP contribution in [0.2, 0.25) is 0 Å². The van der Waals surface area contributed by atoms with Crippen LogP contribution < -0.4 is 10.9 Å². The van der Waals surface area contributed by atoms with E-state index >= 15 is 0 Å². The number of nitrogens with one attached hydrogen (secondary N) is 2. The summed E-state index contributed by atoms with van der Waals surface area (Å²) in [5.74, 6) is -0.415. The molecule has 5 nitrogen and oxygen atoms in total. The summed E-state index contributed by atoms with van der Waals surface area (Å²) in [5.41, 5.74) is 1.14. The smallest absolute Gasteiger partial charge is 0.261 e. The molecule has 1 unspecified atom stereocenters. The lowest BCUT2D eigenvalue weighted by Gasteiger charge is -2.13. The van der Waals surface area contributed by atoms with Gasteiger partial charge in [-0.2, -0.15) is 0 Å². The van der Waals surface area contributed by atoms with Gasteiger partial charge in [-0.15, -0.1) is 11.3 Å². The number of carbonyl (C=O) groups is 1. The van der Waals surface area contributed by atoms with Crippen molar-refractivity contribution in [3.05, 3.63) is 75.7 Å². The third kappa shape index (κ3) is 3.37. The van der Waals surface area contributed by atoms with Gasteiger partial charge in [0.15, 0.2) is 0 Å². The summed E-state index contributed by atoms with van der Waals surface area (Å²) in [6.45, 7) is 1.83. The minimum absolute atomic E-state index is 0.0908. The van der Waals surface area contributed by atoms with Crippen molar-refractivity contribution in [2.45, 2.75) is 13.0 Å². The van der Waals surface area contributed by atoms with E-state index in [1.807, 2.05) is 42.6 Å². The zero-order valence-corrected chi connectivity index (χ0v) is 13.3. The third-order valence-electron chi connectivity index (χ3n) is 3.42. The maximum atomic E-state index is 12.3. The Kier molecular flexibility index (Phi) is 4.34. The van der Waals surface area contributed by atoms with Gasteiger partial charge in [-0.3, -0.25) is 14.6 Å². The first-order valence-corrected chi connectivity index (χ1v) is 8.02. The molecule has 0 spiro atoms. The molecule has 3 rings (SSSR count). The highest BCUT2D eigenvalue weighted by Gasteiger charge is 2.15. The molecule has 3 heterocycles. The van der Waals surface area contributed by atoms with Crippen LogP contribution in [0.3, 0.4) is 0 Å². The van der Waals surface area contributed by atoms with Gasteiger partial charge in [-0.25, -0.2) is 0 Å². The second kappa shape index (κ2) is 6.58. The Morgan fingerprint density at radius 2 is 2.09 bits per heavy atom. The zero-order valence-electron chi connectivity index (χ0n) is 12.4. The van der Waals surface area contributed by atoms with Gasteiger partial charge in [0.1, 0.15) is 5.56 Å². The molecule has 0 aliphatic carbocycles. The van der Waals surface area contributed by atoms with E-state index in [4.69, 9.17) is 0 Å². The van der Waals surface area contributed by atoms with E-state index in [9.17, 15) is 9.59 Å². The number of amides is 1. The van der Waals surface area contributed by atoms with Crippen molar-refractivity contribution in [3.63, 3.8) is 0 Å². The topological polar surface area (TPSA) is 74.8 Å². The van der Waals surface area contributed by atoms with Gasteiger partial charge >= 0.3 is 0 Å². The van der Waals surface area contributed by atoms with Gasteiger partial charge in [0, 0.05) is 6.20 Å². The van der Waals surface area contributed by atoms with Gasteiger partial charge in [0.2, 0.25) is 0 Å². The molecule has 0 saturated carbocycles. The summed E-state index contributed by atoms with van der Waals surface area (Å²) < 4.78 is 0. The number of carbonyl (C=O) groups excluding carboxylic acids is 1. The molecule has 0 aromatic carbocycles. The number of rotatable bonds is 4. The van der Waals surface area contributed by atoms with E-state index < -0.39 is 11.5 Å². The lowest BCUT2D eigenvalue weighted by molar-refractivity contribution is 0.0937. The molecular weight excluding hydrogens is 310 g/mol. The molecule has 0 bridgehead atoms. The predicted octanol–water partition coefficient (Wildman–Crippen LogP) is 2.99. The first-order chi connectivity index (χ1) is 11.1. The van der Waals surface area contributed by atoms with Crippen LogP contribution in [0.5, 0.6) is 0 Å². The first-order valence-electron chi connectivity index (χ1n) is 7.14. The molecule has 1 amide bonds. The maximum Gasteiger partial charge on any atom is 0.261 e. The number of nitrogens with zero attached hydrogens (tertiary/aromatic N) is 1. The van der Waals surface area contributed by atoms with Crippen LogP contribution in [0, 0.1) is 0 Å². The van der Waals surface area contributed by atoms with Crippen molar-refractivity contribution in [2.75, 3.05) is 0 Å². The van der Waals surface area contributed by atoms with Crippen molar-refractivity contribution in [3.8, 4) is 10.6 Å². The van der Waals surface area contributed by atoms with Gasteiger partial charge in [0.25, 0.3) is 11.5 Å². The number of pyridine rings is 2. The van der Waals surface area contributed by atoms with Crippen LogP contribution in [0.4, 0.5) is 0 Å². The average molecular weight is 325 g/mol. The minimum atomic E-state index is -0.415. The SMILES string of the molecule is CC(NC(=O)c1ccc(-c2cccs2)[nH]c1=O)c1ccccn1. The van der Waals surface area contributed by atoms with Crippen LogP contribution in [0.1, 0.15) is 29.0 Å². The van der Waals surface area contributed by atoms with Crippen LogP contribution in [0.25, 0.3) is 10.6 Å². The Morgan fingerprint density at radius 3 is 2.74 bits per heavy atom. The normalized spacial score (nSPS) is 11.9.